The molecule has 0 aliphatic heterocycles. The van der Waals surface area contributed by atoms with Crippen LogP contribution in [-0.4, -0.2) is 28.6 Å². The van der Waals surface area contributed by atoms with E-state index in [2.05, 4.69) is 27.8 Å². The Bertz CT molecular complexity index is 320. The number of hydrogen-bond donors (Lipinski definition) is 0. The van der Waals surface area contributed by atoms with Crippen molar-refractivity contribution in [3.63, 3.8) is 0 Å². The van der Waals surface area contributed by atoms with Gasteiger partial charge in [0.05, 0.1) is 6.20 Å². The molecule has 0 radical (unpaired) electrons. The third-order valence-corrected chi connectivity index (χ3v) is 3.51. The van der Waals surface area contributed by atoms with Crippen molar-refractivity contribution < 1.29 is 9.47 Å². The van der Waals surface area contributed by atoms with Crippen molar-refractivity contribution in [2.45, 2.75) is 36.8 Å². The van der Waals surface area contributed by atoms with E-state index < -0.39 is 0 Å². The molecule has 1 saturated carbocycles. The Kier molecular flexibility index (Phi) is 4.18. The Hall–Kier alpha value is -0.610. The van der Waals surface area contributed by atoms with E-state index >= 15 is 0 Å². The molecule has 0 amide bonds. The third kappa shape index (κ3) is 2.74. The highest BCUT2D eigenvalue weighted by molar-refractivity contribution is 9.09. The monoisotopic (exact) mass is 285 g/mol. The van der Waals surface area contributed by atoms with Gasteiger partial charge in [0, 0.05) is 24.1 Å². The fourth-order valence-corrected chi connectivity index (χ4v) is 2.56. The van der Waals surface area contributed by atoms with Gasteiger partial charge in [-0.15, -0.1) is 0 Å². The first-order chi connectivity index (χ1) is 7.81. The molecule has 1 aromatic heterocycles. The lowest BCUT2D eigenvalue weighted by molar-refractivity contribution is -0.0763. The lowest BCUT2D eigenvalue weighted by Crippen LogP contribution is -2.52. The van der Waals surface area contributed by atoms with E-state index in [0.717, 1.165) is 25.2 Å². The van der Waals surface area contributed by atoms with Crippen LogP contribution in [0.2, 0.25) is 0 Å². The summed E-state index contributed by atoms with van der Waals surface area (Å²) in [5, 5.41) is 0. The number of pyridine rings is 1. The molecule has 0 spiro atoms. The summed E-state index contributed by atoms with van der Waals surface area (Å²) in [5.41, 5.74) is 0. The highest BCUT2D eigenvalue weighted by atomic mass is 79.9. The second-order valence-electron chi connectivity index (χ2n) is 3.93. The minimum Gasteiger partial charge on any atom is -0.486 e. The van der Waals surface area contributed by atoms with Gasteiger partial charge in [0.25, 0.3) is 0 Å². The zero-order valence-electron chi connectivity index (χ0n) is 9.30. The molecule has 1 aliphatic carbocycles. The van der Waals surface area contributed by atoms with E-state index in [1.54, 1.807) is 12.4 Å². The van der Waals surface area contributed by atoms with Crippen LogP contribution in [0.15, 0.2) is 24.5 Å². The highest BCUT2D eigenvalue weighted by Gasteiger charge is 2.42. The van der Waals surface area contributed by atoms with Gasteiger partial charge in [-0.3, -0.25) is 4.98 Å². The Morgan fingerprint density at radius 2 is 2.44 bits per heavy atom. The van der Waals surface area contributed by atoms with Gasteiger partial charge in [-0.1, -0.05) is 22.9 Å². The van der Waals surface area contributed by atoms with E-state index in [1.165, 1.54) is 0 Å². The van der Waals surface area contributed by atoms with E-state index in [4.69, 9.17) is 9.47 Å². The summed E-state index contributed by atoms with van der Waals surface area (Å²) in [6.45, 7) is 2.90. The fraction of sp³-hybridized carbons (Fsp3) is 0.583. The maximum atomic E-state index is 5.81. The van der Waals surface area contributed by atoms with Crippen LogP contribution in [0.5, 0.6) is 5.75 Å². The average molecular weight is 286 g/mol. The molecule has 16 heavy (non-hydrogen) atoms. The molecule has 3 unspecified atom stereocenters. The van der Waals surface area contributed by atoms with Crippen molar-refractivity contribution in [2.75, 3.05) is 6.61 Å². The minimum atomic E-state index is 0.153. The molecule has 0 N–H and O–H groups in total. The van der Waals surface area contributed by atoms with Crippen molar-refractivity contribution in [3.8, 4) is 5.75 Å². The van der Waals surface area contributed by atoms with E-state index in [9.17, 15) is 0 Å². The van der Waals surface area contributed by atoms with Crippen LogP contribution >= 0.6 is 15.9 Å². The first-order valence-electron chi connectivity index (χ1n) is 5.63. The summed E-state index contributed by atoms with van der Waals surface area (Å²) in [6, 6.07) is 3.80. The van der Waals surface area contributed by atoms with Crippen LogP contribution in [0.1, 0.15) is 19.8 Å². The molecule has 88 valence electrons. The van der Waals surface area contributed by atoms with Gasteiger partial charge in [0.1, 0.15) is 18.0 Å². The first-order valence-corrected chi connectivity index (χ1v) is 6.55. The number of rotatable bonds is 5. The van der Waals surface area contributed by atoms with Gasteiger partial charge in [0.15, 0.2) is 0 Å². The molecule has 0 saturated heterocycles. The summed E-state index contributed by atoms with van der Waals surface area (Å²) in [6.07, 6.45) is 5.82. The third-order valence-electron chi connectivity index (χ3n) is 2.62. The number of hydrogen-bond acceptors (Lipinski definition) is 3. The summed E-state index contributed by atoms with van der Waals surface area (Å²) in [4.78, 5) is 4.44. The van der Waals surface area contributed by atoms with Crippen molar-refractivity contribution in [1.29, 1.82) is 0 Å². The number of alkyl halides is 1. The van der Waals surface area contributed by atoms with Crippen LogP contribution in [0.25, 0.3) is 0 Å². The molecule has 2 rings (SSSR count). The molecule has 3 atom stereocenters. The smallest absolute Gasteiger partial charge is 0.138 e. The molecular weight excluding hydrogens is 270 g/mol. The molecule has 3 nitrogen and oxygen atoms in total. The predicted molar refractivity (Wildman–Crippen MR) is 66.0 cm³/mol. The summed E-state index contributed by atoms with van der Waals surface area (Å²) in [7, 11) is 0. The van der Waals surface area contributed by atoms with Crippen LogP contribution < -0.4 is 4.74 Å². The van der Waals surface area contributed by atoms with E-state index in [-0.39, 0.29) is 12.2 Å². The van der Waals surface area contributed by atoms with E-state index in [0.29, 0.717) is 4.83 Å². The fourth-order valence-electron chi connectivity index (χ4n) is 1.70. The van der Waals surface area contributed by atoms with Crippen LogP contribution in [-0.2, 0) is 4.74 Å². The van der Waals surface area contributed by atoms with Crippen molar-refractivity contribution >= 4 is 15.9 Å². The second kappa shape index (κ2) is 5.64. The second-order valence-corrected chi connectivity index (χ2v) is 5.11. The summed E-state index contributed by atoms with van der Waals surface area (Å²) >= 11 is 3.59. The Balaban J connectivity index is 1.86. The molecule has 4 heteroatoms. The van der Waals surface area contributed by atoms with Gasteiger partial charge in [-0.05, 0) is 18.6 Å². The Morgan fingerprint density at radius 3 is 3.06 bits per heavy atom. The lowest BCUT2D eigenvalue weighted by atomic mass is 9.91. The van der Waals surface area contributed by atoms with Crippen LogP contribution in [0.4, 0.5) is 0 Å². The lowest BCUT2D eigenvalue weighted by Gasteiger charge is -2.40. The Labute approximate surface area is 104 Å². The van der Waals surface area contributed by atoms with Crippen molar-refractivity contribution in [1.82, 2.24) is 4.98 Å². The van der Waals surface area contributed by atoms with Gasteiger partial charge < -0.3 is 9.47 Å². The number of ether oxygens (including phenoxy) is 2. The minimum absolute atomic E-state index is 0.153. The SMILES string of the molecule is CCCOC1C(Br)CC1Oc1cccnc1. The van der Waals surface area contributed by atoms with Gasteiger partial charge in [-0.25, -0.2) is 0 Å². The maximum Gasteiger partial charge on any atom is 0.138 e. The number of aromatic nitrogens is 1. The zero-order valence-corrected chi connectivity index (χ0v) is 10.9. The highest BCUT2D eigenvalue weighted by Crippen LogP contribution is 2.34. The van der Waals surface area contributed by atoms with Crippen LogP contribution in [0, 0.1) is 0 Å². The molecular formula is C12H16BrNO2. The number of halogens is 1. The standard InChI is InChI=1S/C12H16BrNO2/c1-2-6-15-12-10(13)7-11(12)16-9-4-3-5-14-8-9/h3-5,8,10-12H,2,6-7H2,1H3. The molecule has 0 aromatic carbocycles. The summed E-state index contributed by atoms with van der Waals surface area (Å²) in [5.74, 6) is 0.817. The Morgan fingerprint density at radius 1 is 1.56 bits per heavy atom. The quantitative estimate of drug-likeness (QED) is 0.780. The zero-order chi connectivity index (χ0) is 11.4. The normalized spacial score (nSPS) is 28.5. The first kappa shape index (κ1) is 11.9. The average Bonchev–Trinajstić information content (AvgIpc) is 2.30. The predicted octanol–water partition coefficient (Wildman–Crippen LogP) is 2.79. The van der Waals surface area contributed by atoms with Crippen molar-refractivity contribution in [3.05, 3.63) is 24.5 Å². The largest absolute Gasteiger partial charge is 0.486 e. The van der Waals surface area contributed by atoms with Crippen LogP contribution in [0.3, 0.4) is 0 Å². The molecule has 0 bridgehead atoms. The molecule has 1 fully saturated rings. The topological polar surface area (TPSA) is 31.4 Å². The molecule has 1 aromatic rings. The maximum absolute atomic E-state index is 5.81. The molecule has 1 aliphatic rings. The number of nitrogens with zero attached hydrogens (tertiary/aromatic N) is 1. The molecule has 1 heterocycles. The van der Waals surface area contributed by atoms with Gasteiger partial charge in [-0.2, -0.15) is 0 Å². The van der Waals surface area contributed by atoms with Gasteiger partial charge in [0.2, 0.25) is 0 Å². The van der Waals surface area contributed by atoms with E-state index in [1.807, 2.05) is 12.1 Å². The van der Waals surface area contributed by atoms with Crippen molar-refractivity contribution in [2.24, 2.45) is 0 Å². The van der Waals surface area contributed by atoms with Gasteiger partial charge >= 0.3 is 0 Å². The summed E-state index contributed by atoms with van der Waals surface area (Å²) < 4.78 is 11.5.